The zero-order chi connectivity index (χ0) is 14.1. The van der Waals surface area contributed by atoms with Gasteiger partial charge in [0.05, 0.1) is 0 Å². The van der Waals surface area contributed by atoms with Crippen molar-refractivity contribution < 1.29 is 0 Å². The van der Waals surface area contributed by atoms with E-state index in [0.29, 0.717) is 0 Å². The zero-order valence-corrected chi connectivity index (χ0v) is 12.1. The summed E-state index contributed by atoms with van der Waals surface area (Å²) in [4.78, 5) is 19.8. The van der Waals surface area contributed by atoms with Crippen molar-refractivity contribution in [2.75, 3.05) is 0 Å². The van der Waals surface area contributed by atoms with Crippen LogP contribution >= 0.6 is 0 Å². The molecule has 1 unspecified atom stereocenters. The second-order valence-corrected chi connectivity index (χ2v) is 5.51. The molecule has 1 aromatic carbocycles. The van der Waals surface area contributed by atoms with Crippen molar-refractivity contribution in [3.8, 4) is 0 Å². The van der Waals surface area contributed by atoms with Crippen molar-refractivity contribution in [3.63, 3.8) is 0 Å². The van der Waals surface area contributed by atoms with Crippen LogP contribution in [0.25, 0.3) is 0 Å². The molecular formula is C17H20N2O. The summed E-state index contributed by atoms with van der Waals surface area (Å²) >= 11 is 0. The molecule has 3 rings (SSSR count). The summed E-state index contributed by atoms with van der Waals surface area (Å²) in [7, 11) is 0. The zero-order valence-electron chi connectivity index (χ0n) is 12.1. The maximum atomic E-state index is 12.2. The Morgan fingerprint density at radius 1 is 1.35 bits per heavy atom. The molecule has 3 nitrogen and oxygen atoms in total. The van der Waals surface area contributed by atoms with Gasteiger partial charge in [-0.3, -0.25) is 4.79 Å². The minimum Gasteiger partial charge on any atom is -0.310 e. The molecule has 0 saturated heterocycles. The summed E-state index contributed by atoms with van der Waals surface area (Å²) in [5, 5.41) is 0. The van der Waals surface area contributed by atoms with Crippen molar-refractivity contribution >= 4 is 0 Å². The highest BCUT2D eigenvalue weighted by molar-refractivity contribution is 5.36. The van der Waals surface area contributed by atoms with Gasteiger partial charge in [-0.25, -0.2) is 4.98 Å². The molecule has 0 amide bonds. The number of aromatic nitrogens is 2. The highest BCUT2D eigenvalue weighted by Gasteiger charge is 2.24. The Morgan fingerprint density at radius 3 is 2.90 bits per heavy atom. The maximum Gasteiger partial charge on any atom is 0.254 e. The van der Waals surface area contributed by atoms with Gasteiger partial charge in [0.2, 0.25) is 0 Å². The largest absolute Gasteiger partial charge is 0.310 e. The monoisotopic (exact) mass is 268 g/mol. The topological polar surface area (TPSA) is 45.8 Å². The lowest BCUT2D eigenvalue weighted by atomic mass is 9.82. The van der Waals surface area contributed by atoms with Crippen molar-refractivity contribution in [3.05, 3.63) is 62.8 Å². The normalized spacial score (nSPS) is 17.8. The Kier molecular flexibility index (Phi) is 3.43. The Balaban J connectivity index is 2.09. The second-order valence-electron chi connectivity index (χ2n) is 5.51. The summed E-state index contributed by atoms with van der Waals surface area (Å²) < 4.78 is 0. The quantitative estimate of drug-likeness (QED) is 0.909. The second kappa shape index (κ2) is 5.23. The third kappa shape index (κ3) is 2.17. The summed E-state index contributed by atoms with van der Waals surface area (Å²) in [6, 6.07) is 8.51. The molecule has 0 radical (unpaired) electrons. The van der Waals surface area contributed by atoms with Crippen LogP contribution in [0.2, 0.25) is 0 Å². The van der Waals surface area contributed by atoms with Crippen LogP contribution < -0.4 is 5.56 Å². The maximum absolute atomic E-state index is 12.2. The average Bonchev–Trinajstić information content (AvgIpc) is 2.46. The number of rotatable bonds is 2. The molecule has 104 valence electrons. The van der Waals surface area contributed by atoms with E-state index < -0.39 is 0 Å². The summed E-state index contributed by atoms with van der Waals surface area (Å²) in [5.41, 5.74) is 4.42. The number of aryl methyl sites for hydroxylation is 2. The van der Waals surface area contributed by atoms with Crippen LogP contribution in [-0.2, 0) is 12.8 Å². The first-order valence-electron chi connectivity index (χ1n) is 7.38. The van der Waals surface area contributed by atoms with E-state index in [9.17, 15) is 4.79 Å². The van der Waals surface area contributed by atoms with Gasteiger partial charge in [0.15, 0.2) is 0 Å². The molecule has 0 saturated carbocycles. The van der Waals surface area contributed by atoms with E-state index in [2.05, 4.69) is 34.2 Å². The minimum atomic E-state index is 0.0260. The third-order valence-corrected chi connectivity index (χ3v) is 4.29. The van der Waals surface area contributed by atoms with Crippen LogP contribution in [0.4, 0.5) is 0 Å². The first-order valence-corrected chi connectivity index (χ1v) is 7.38. The summed E-state index contributed by atoms with van der Waals surface area (Å²) in [6.07, 6.45) is 4.07. The molecule has 20 heavy (non-hydrogen) atoms. The van der Waals surface area contributed by atoms with Crippen LogP contribution in [0, 0.1) is 6.92 Å². The van der Waals surface area contributed by atoms with E-state index in [0.717, 1.165) is 42.8 Å². The van der Waals surface area contributed by atoms with Gasteiger partial charge in [0.1, 0.15) is 5.82 Å². The van der Waals surface area contributed by atoms with Crippen LogP contribution in [0.3, 0.4) is 0 Å². The fraction of sp³-hybridized carbons (Fsp3) is 0.412. The van der Waals surface area contributed by atoms with Gasteiger partial charge in [-0.05, 0) is 43.7 Å². The lowest BCUT2D eigenvalue weighted by molar-refractivity contribution is 0.585. The van der Waals surface area contributed by atoms with Gasteiger partial charge >= 0.3 is 0 Å². The number of H-pyrrole nitrogens is 1. The van der Waals surface area contributed by atoms with E-state index >= 15 is 0 Å². The fourth-order valence-electron chi connectivity index (χ4n) is 3.25. The molecule has 1 heterocycles. The number of benzene rings is 1. The molecule has 1 aliphatic rings. The molecule has 0 bridgehead atoms. The highest BCUT2D eigenvalue weighted by atomic mass is 16.1. The molecule has 1 N–H and O–H groups in total. The van der Waals surface area contributed by atoms with E-state index in [1.54, 1.807) is 0 Å². The van der Waals surface area contributed by atoms with Gasteiger partial charge in [-0.15, -0.1) is 0 Å². The van der Waals surface area contributed by atoms with Gasteiger partial charge < -0.3 is 4.98 Å². The highest BCUT2D eigenvalue weighted by Crippen LogP contribution is 2.34. The van der Waals surface area contributed by atoms with Crippen molar-refractivity contribution in [2.24, 2.45) is 0 Å². The van der Waals surface area contributed by atoms with Crippen molar-refractivity contribution in [1.29, 1.82) is 0 Å². The number of nitrogens with one attached hydrogen (secondary N) is 1. The summed E-state index contributed by atoms with van der Waals surface area (Å²) in [5.74, 6) is 1.06. The molecule has 0 aliphatic heterocycles. The first-order chi connectivity index (χ1) is 9.70. The van der Waals surface area contributed by atoms with Crippen LogP contribution in [0.1, 0.15) is 53.9 Å². The van der Waals surface area contributed by atoms with E-state index in [1.807, 2.05) is 13.8 Å². The van der Waals surface area contributed by atoms with Crippen molar-refractivity contribution in [2.45, 2.75) is 45.4 Å². The minimum absolute atomic E-state index is 0.0260. The van der Waals surface area contributed by atoms with Crippen LogP contribution in [0.5, 0.6) is 0 Å². The van der Waals surface area contributed by atoms with E-state index in [4.69, 9.17) is 0 Å². The fourth-order valence-corrected chi connectivity index (χ4v) is 3.25. The Hall–Kier alpha value is -1.90. The average molecular weight is 268 g/mol. The van der Waals surface area contributed by atoms with Gasteiger partial charge in [-0.1, -0.05) is 31.2 Å². The third-order valence-electron chi connectivity index (χ3n) is 4.29. The number of hydrogen-bond acceptors (Lipinski definition) is 2. The molecular weight excluding hydrogens is 248 g/mol. The molecule has 2 aromatic rings. The van der Waals surface area contributed by atoms with Gasteiger partial charge in [0.25, 0.3) is 5.56 Å². The van der Waals surface area contributed by atoms with Crippen LogP contribution in [-0.4, -0.2) is 9.97 Å². The lowest BCUT2D eigenvalue weighted by Gasteiger charge is -2.25. The number of aromatic amines is 1. The Labute approximate surface area is 119 Å². The van der Waals surface area contributed by atoms with Crippen molar-refractivity contribution in [1.82, 2.24) is 9.97 Å². The Morgan fingerprint density at radius 2 is 2.15 bits per heavy atom. The number of hydrogen-bond donors (Lipinski definition) is 1. The number of nitrogens with zero attached hydrogens (tertiary/aromatic N) is 1. The summed E-state index contributed by atoms with van der Waals surface area (Å²) in [6.45, 7) is 3.93. The van der Waals surface area contributed by atoms with Gasteiger partial charge in [0, 0.05) is 17.2 Å². The van der Waals surface area contributed by atoms with E-state index in [1.165, 1.54) is 11.1 Å². The molecule has 0 spiro atoms. The predicted molar refractivity (Wildman–Crippen MR) is 80.2 cm³/mol. The Bertz CT molecular complexity index is 688. The first kappa shape index (κ1) is 13.1. The predicted octanol–water partition coefficient (Wildman–Crippen LogP) is 3.11. The molecule has 0 fully saturated rings. The molecule has 1 atom stereocenters. The van der Waals surface area contributed by atoms with Gasteiger partial charge in [-0.2, -0.15) is 0 Å². The smallest absolute Gasteiger partial charge is 0.254 e. The van der Waals surface area contributed by atoms with E-state index in [-0.39, 0.29) is 11.5 Å². The molecule has 1 aliphatic carbocycles. The molecule has 1 aromatic heterocycles. The molecule has 3 heteroatoms. The standard InChI is InChI=1S/C17H20N2O/c1-3-13-11(2)18-16(19-17(13)20)15-10-6-8-12-7-4-5-9-14(12)15/h4-5,7,9,15H,3,6,8,10H2,1-2H3,(H,18,19,20). The lowest BCUT2D eigenvalue weighted by Crippen LogP contribution is -2.22. The SMILES string of the molecule is CCc1c(C)nc(C2CCCc3ccccc32)[nH]c1=O. The van der Waals surface area contributed by atoms with Crippen LogP contribution in [0.15, 0.2) is 29.1 Å². The number of fused-ring (bicyclic) bond motifs is 1.